The summed E-state index contributed by atoms with van der Waals surface area (Å²) in [6, 6.07) is 10.0. The van der Waals surface area contributed by atoms with Gasteiger partial charge in [0.05, 0.1) is 19.1 Å². The molecule has 4 nitrogen and oxygen atoms in total. The summed E-state index contributed by atoms with van der Waals surface area (Å²) in [5, 5.41) is 12.4. The Morgan fingerprint density at radius 2 is 2.18 bits per heavy atom. The van der Waals surface area contributed by atoms with Crippen molar-refractivity contribution < 1.29 is 14.6 Å². The van der Waals surface area contributed by atoms with E-state index < -0.39 is 6.10 Å². The quantitative estimate of drug-likeness (QED) is 0.765. The molecule has 0 spiro atoms. The number of hydrogen-bond acceptors (Lipinski definition) is 4. The molecule has 1 aromatic carbocycles. The van der Waals surface area contributed by atoms with Crippen LogP contribution in [0.5, 0.6) is 0 Å². The van der Waals surface area contributed by atoms with E-state index in [-0.39, 0.29) is 24.7 Å². The van der Waals surface area contributed by atoms with E-state index >= 15 is 0 Å². The molecular formula is C13H17NO3. The molecule has 0 radical (unpaired) electrons. The monoisotopic (exact) mass is 235 g/mol. The van der Waals surface area contributed by atoms with Crippen molar-refractivity contribution in [3.63, 3.8) is 0 Å². The van der Waals surface area contributed by atoms with Crippen LogP contribution in [0.3, 0.4) is 0 Å². The second-order valence-electron chi connectivity index (χ2n) is 4.32. The maximum atomic E-state index is 11.2. The van der Waals surface area contributed by atoms with E-state index in [0.717, 1.165) is 5.56 Å². The van der Waals surface area contributed by atoms with Crippen LogP contribution >= 0.6 is 0 Å². The summed E-state index contributed by atoms with van der Waals surface area (Å²) in [7, 11) is 0. The molecule has 1 heterocycles. The van der Waals surface area contributed by atoms with Crippen molar-refractivity contribution in [1.82, 2.24) is 5.32 Å². The number of aliphatic hydroxyl groups excluding tert-OH is 1. The van der Waals surface area contributed by atoms with Crippen LogP contribution in [-0.4, -0.2) is 29.8 Å². The third-order valence-corrected chi connectivity index (χ3v) is 3.06. The third-order valence-electron chi connectivity index (χ3n) is 3.06. The molecule has 0 saturated carbocycles. The van der Waals surface area contributed by atoms with Gasteiger partial charge in [0.15, 0.2) is 0 Å². The molecular weight excluding hydrogens is 218 g/mol. The van der Waals surface area contributed by atoms with Gasteiger partial charge in [0.2, 0.25) is 0 Å². The number of benzene rings is 1. The number of nitrogens with one attached hydrogen (secondary N) is 1. The SMILES string of the molecule is C[C@@H](N[C@@H]1CC(=O)O[C@@H]1CO)c1ccccc1. The largest absolute Gasteiger partial charge is 0.458 e. The van der Waals surface area contributed by atoms with E-state index in [4.69, 9.17) is 9.84 Å². The number of carbonyl (C=O) groups excluding carboxylic acids is 1. The molecule has 1 saturated heterocycles. The minimum absolute atomic E-state index is 0.109. The Bertz CT molecular complexity index is 380. The molecule has 4 heteroatoms. The van der Waals surface area contributed by atoms with Gasteiger partial charge >= 0.3 is 5.97 Å². The Kier molecular flexibility index (Phi) is 3.76. The third kappa shape index (κ3) is 2.84. The zero-order valence-electron chi connectivity index (χ0n) is 9.80. The molecule has 1 aliphatic rings. The maximum Gasteiger partial charge on any atom is 0.307 e. The molecule has 2 N–H and O–H groups in total. The average Bonchev–Trinajstić information content (AvgIpc) is 2.70. The van der Waals surface area contributed by atoms with Crippen molar-refractivity contribution in [3.8, 4) is 0 Å². The summed E-state index contributed by atoms with van der Waals surface area (Å²) < 4.78 is 5.01. The normalized spacial score (nSPS) is 25.6. The van der Waals surface area contributed by atoms with E-state index in [2.05, 4.69) is 5.32 Å². The summed E-state index contributed by atoms with van der Waals surface area (Å²) >= 11 is 0. The van der Waals surface area contributed by atoms with Crippen molar-refractivity contribution in [2.45, 2.75) is 31.5 Å². The van der Waals surface area contributed by atoms with Crippen LogP contribution in [0, 0.1) is 0 Å². The Hall–Kier alpha value is -1.39. The van der Waals surface area contributed by atoms with Gasteiger partial charge in [-0.1, -0.05) is 30.3 Å². The Morgan fingerprint density at radius 1 is 1.47 bits per heavy atom. The van der Waals surface area contributed by atoms with Crippen molar-refractivity contribution in [3.05, 3.63) is 35.9 Å². The molecule has 0 bridgehead atoms. The Labute approximate surface area is 101 Å². The molecule has 1 aliphatic heterocycles. The standard InChI is InChI=1S/C13H17NO3/c1-9(10-5-3-2-4-6-10)14-11-7-13(16)17-12(11)8-15/h2-6,9,11-12,14-15H,7-8H2,1H3/t9-,11-,12-/m1/s1. The number of ether oxygens (including phenoxy) is 1. The molecule has 2 rings (SSSR count). The average molecular weight is 235 g/mol. The zero-order chi connectivity index (χ0) is 12.3. The lowest BCUT2D eigenvalue weighted by Crippen LogP contribution is -2.39. The zero-order valence-corrected chi connectivity index (χ0v) is 9.80. The summed E-state index contributed by atoms with van der Waals surface area (Å²) in [5.74, 6) is -0.248. The second kappa shape index (κ2) is 5.29. The first-order valence-corrected chi connectivity index (χ1v) is 5.82. The van der Waals surface area contributed by atoms with Gasteiger partial charge in [0, 0.05) is 6.04 Å². The van der Waals surface area contributed by atoms with Crippen LogP contribution in [0.2, 0.25) is 0 Å². The van der Waals surface area contributed by atoms with Crippen molar-refractivity contribution >= 4 is 5.97 Å². The van der Waals surface area contributed by atoms with Gasteiger partial charge in [-0.25, -0.2) is 0 Å². The summed E-state index contributed by atoms with van der Waals surface area (Å²) in [4.78, 5) is 11.2. The van der Waals surface area contributed by atoms with Crippen molar-refractivity contribution in [2.24, 2.45) is 0 Å². The first-order valence-electron chi connectivity index (χ1n) is 5.82. The smallest absolute Gasteiger partial charge is 0.307 e. The molecule has 92 valence electrons. The Balaban J connectivity index is 1.99. The van der Waals surface area contributed by atoms with Gasteiger partial charge in [-0.3, -0.25) is 4.79 Å². The number of rotatable bonds is 4. The van der Waals surface area contributed by atoms with Crippen LogP contribution in [-0.2, 0) is 9.53 Å². The summed E-state index contributed by atoms with van der Waals surface area (Å²) in [6.07, 6.45) is -0.101. The van der Waals surface area contributed by atoms with Crippen LogP contribution in [0.15, 0.2) is 30.3 Å². The van der Waals surface area contributed by atoms with E-state index in [1.165, 1.54) is 0 Å². The van der Waals surface area contributed by atoms with E-state index in [0.29, 0.717) is 6.42 Å². The molecule has 0 aromatic heterocycles. The van der Waals surface area contributed by atoms with Gasteiger partial charge in [-0.15, -0.1) is 0 Å². The van der Waals surface area contributed by atoms with E-state index in [9.17, 15) is 4.79 Å². The van der Waals surface area contributed by atoms with Gasteiger partial charge in [0.25, 0.3) is 0 Å². The van der Waals surface area contributed by atoms with E-state index in [1.54, 1.807) is 0 Å². The minimum atomic E-state index is -0.423. The second-order valence-corrected chi connectivity index (χ2v) is 4.32. The summed E-state index contributed by atoms with van der Waals surface area (Å²) in [6.45, 7) is 1.90. The van der Waals surface area contributed by atoms with Crippen LogP contribution in [0.25, 0.3) is 0 Å². The number of esters is 1. The highest BCUT2D eigenvalue weighted by atomic mass is 16.6. The molecule has 17 heavy (non-hydrogen) atoms. The minimum Gasteiger partial charge on any atom is -0.458 e. The van der Waals surface area contributed by atoms with E-state index in [1.807, 2.05) is 37.3 Å². The predicted molar refractivity (Wildman–Crippen MR) is 63.4 cm³/mol. The fourth-order valence-corrected chi connectivity index (χ4v) is 2.10. The highest BCUT2D eigenvalue weighted by Crippen LogP contribution is 2.19. The lowest BCUT2D eigenvalue weighted by molar-refractivity contribution is -0.142. The van der Waals surface area contributed by atoms with Crippen molar-refractivity contribution in [1.29, 1.82) is 0 Å². The molecule has 1 fully saturated rings. The number of aliphatic hydroxyl groups is 1. The van der Waals surface area contributed by atoms with Crippen molar-refractivity contribution in [2.75, 3.05) is 6.61 Å². The first-order chi connectivity index (χ1) is 8.20. The number of hydrogen-bond donors (Lipinski definition) is 2. The molecule has 0 amide bonds. The molecule has 1 aromatic rings. The fraction of sp³-hybridized carbons (Fsp3) is 0.462. The first kappa shape index (κ1) is 12.1. The number of cyclic esters (lactones) is 1. The molecule has 0 unspecified atom stereocenters. The van der Waals surface area contributed by atoms with Gasteiger partial charge in [-0.2, -0.15) is 0 Å². The highest BCUT2D eigenvalue weighted by Gasteiger charge is 2.34. The molecule has 3 atom stereocenters. The lowest BCUT2D eigenvalue weighted by atomic mass is 10.1. The van der Waals surface area contributed by atoms with Crippen LogP contribution < -0.4 is 5.32 Å². The fourth-order valence-electron chi connectivity index (χ4n) is 2.10. The number of carbonyl (C=O) groups is 1. The topological polar surface area (TPSA) is 58.6 Å². The maximum absolute atomic E-state index is 11.2. The van der Waals surface area contributed by atoms with Gasteiger partial charge in [0.1, 0.15) is 6.10 Å². The van der Waals surface area contributed by atoms with Gasteiger partial charge in [-0.05, 0) is 12.5 Å². The Morgan fingerprint density at radius 3 is 2.82 bits per heavy atom. The molecule has 0 aliphatic carbocycles. The van der Waals surface area contributed by atoms with Gasteiger partial charge < -0.3 is 15.2 Å². The van der Waals surface area contributed by atoms with Crippen LogP contribution in [0.1, 0.15) is 24.9 Å². The predicted octanol–water partition coefficient (Wildman–Crippen LogP) is 1.01. The highest BCUT2D eigenvalue weighted by molar-refractivity contribution is 5.72. The van der Waals surface area contributed by atoms with Crippen LogP contribution in [0.4, 0.5) is 0 Å². The summed E-state index contributed by atoms with van der Waals surface area (Å²) in [5.41, 5.74) is 1.16. The lowest BCUT2D eigenvalue weighted by Gasteiger charge is -2.22.